The summed E-state index contributed by atoms with van der Waals surface area (Å²) in [7, 11) is 3.70. The van der Waals surface area contributed by atoms with Crippen molar-refractivity contribution in [2.75, 3.05) is 27.3 Å². The van der Waals surface area contributed by atoms with Crippen molar-refractivity contribution in [1.82, 2.24) is 10.3 Å². The quantitative estimate of drug-likeness (QED) is 0.312. The highest BCUT2D eigenvalue weighted by Crippen LogP contribution is 2.26. The molecule has 0 radical (unpaired) electrons. The summed E-state index contributed by atoms with van der Waals surface area (Å²) in [6.07, 6.45) is 4.02. The van der Waals surface area contributed by atoms with Gasteiger partial charge < -0.3 is 9.64 Å². The molecule has 16 heavy (non-hydrogen) atoms. The van der Waals surface area contributed by atoms with Gasteiger partial charge >= 0.3 is 0 Å². The Hall–Kier alpha value is -0.810. The van der Waals surface area contributed by atoms with Gasteiger partial charge in [-0.1, -0.05) is 6.42 Å². The number of hydrogen-bond donors (Lipinski definition) is 2. The molecule has 0 heterocycles. The Kier molecular flexibility index (Phi) is 5.55. The minimum absolute atomic E-state index is 0.125. The van der Waals surface area contributed by atoms with Gasteiger partial charge in [-0.15, -0.1) is 0 Å². The lowest BCUT2D eigenvalue weighted by Gasteiger charge is -2.31. The molecule has 1 saturated carbocycles. The average Bonchev–Trinajstić information content (AvgIpc) is 2.20. The van der Waals surface area contributed by atoms with Gasteiger partial charge in [-0.25, -0.2) is 10.8 Å². The fourth-order valence-electron chi connectivity index (χ4n) is 1.88. The molecule has 1 atom stereocenters. The second kappa shape index (κ2) is 6.70. The largest absolute Gasteiger partial charge is 0.382 e. The fourth-order valence-corrected chi connectivity index (χ4v) is 1.88. The zero-order valence-corrected chi connectivity index (χ0v) is 10.6. The van der Waals surface area contributed by atoms with E-state index in [1.54, 1.807) is 7.11 Å². The molecule has 0 aromatic heterocycles. The van der Waals surface area contributed by atoms with E-state index in [4.69, 9.17) is 10.6 Å². The van der Waals surface area contributed by atoms with Crippen molar-refractivity contribution in [3.63, 3.8) is 0 Å². The van der Waals surface area contributed by atoms with Crippen molar-refractivity contribution in [3.05, 3.63) is 0 Å². The minimum atomic E-state index is 0.125. The van der Waals surface area contributed by atoms with E-state index in [-0.39, 0.29) is 6.04 Å². The van der Waals surface area contributed by atoms with Crippen LogP contribution in [0.2, 0.25) is 0 Å². The Morgan fingerprint density at radius 3 is 2.75 bits per heavy atom. The maximum Gasteiger partial charge on any atom is 0.208 e. The number of nitrogens with two attached hydrogens (primary N) is 1. The average molecular weight is 228 g/mol. The number of nitrogens with zero attached hydrogens (tertiary/aromatic N) is 2. The molecule has 0 saturated heterocycles. The van der Waals surface area contributed by atoms with Crippen molar-refractivity contribution in [2.24, 2.45) is 16.8 Å². The maximum atomic E-state index is 5.49. The number of hydrazine groups is 1. The van der Waals surface area contributed by atoms with Gasteiger partial charge in [-0.2, -0.15) is 0 Å². The highest BCUT2D eigenvalue weighted by Gasteiger charge is 2.20. The SMILES string of the molecule is COCC(C)N=C(NN)N(C)CC1CCC1. The van der Waals surface area contributed by atoms with E-state index >= 15 is 0 Å². The Labute approximate surface area is 98.0 Å². The molecule has 0 aromatic carbocycles. The number of aliphatic imine (C=N–C) groups is 1. The molecule has 94 valence electrons. The second-order valence-corrected chi connectivity index (χ2v) is 4.58. The fraction of sp³-hybridized carbons (Fsp3) is 0.909. The van der Waals surface area contributed by atoms with Crippen LogP contribution in [-0.4, -0.2) is 44.2 Å². The molecule has 0 aromatic rings. The van der Waals surface area contributed by atoms with E-state index in [2.05, 4.69) is 15.3 Å². The van der Waals surface area contributed by atoms with Gasteiger partial charge in [0, 0.05) is 20.7 Å². The van der Waals surface area contributed by atoms with Gasteiger partial charge in [0.25, 0.3) is 0 Å². The van der Waals surface area contributed by atoms with Crippen molar-refractivity contribution >= 4 is 5.96 Å². The van der Waals surface area contributed by atoms with Crippen LogP contribution in [0.1, 0.15) is 26.2 Å². The van der Waals surface area contributed by atoms with Crippen LogP contribution in [0.25, 0.3) is 0 Å². The molecule has 0 amide bonds. The number of guanidine groups is 1. The summed E-state index contributed by atoms with van der Waals surface area (Å²) in [4.78, 5) is 6.57. The topological polar surface area (TPSA) is 62.9 Å². The van der Waals surface area contributed by atoms with E-state index < -0.39 is 0 Å². The van der Waals surface area contributed by atoms with Crippen LogP contribution in [0, 0.1) is 5.92 Å². The summed E-state index contributed by atoms with van der Waals surface area (Å²) >= 11 is 0. The minimum Gasteiger partial charge on any atom is -0.382 e. The summed E-state index contributed by atoms with van der Waals surface area (Å²) in [5, 5.41) is 0. The van der Waals surface area contributed by atoms with Gasteiger partial charge in [0.05, 0.1) is 12.6 Å². The molecule has 5 heteroatoms. The first-order valence-electron chi connectivity index (χ1n) is 5.91. The van der Waals surface area contributed by atoms with Crippen LogP contribution in [0.5, 0.6) is 0 Å². The molecule has 1 fully saturated rings. The van der Waals surface area contributed by atoms with E-state index in [0.717, 1.165) is 18.4 Å². The Morgan fingerprint density at radius 1 is 1.62 bits per heavy atom. The lowest BCUT2D eigenvalue weighted by atomic mass is 9.85. The predicted molar refractivity (Wildman–Crippen MR) is 66.1 cm³/mol. The van der Waals surface area contributed by atoms with Crippen LogP contribution in [-0.2, 0) is 4.74 Å². The van der Waals surface area contributed by atoms with Gasteiger partial charge in [-0.05, 0) is 25.7 Å². The van der Waals surface area contributed by atoms with Crippen molar-refractivity contribution in [2.45, 2.75) is 32.2 Å². The summed E-state index contributed by atoms with van der Waals surface area (Å²) in [6, 6.07) is 0.125. The molecule has 1 aliphatic carbocycles. The van der Waals surface area contributed by atoms with Crippen LogP contribution < -0.4 is 11.3 Å². The van der Waals surface area contributed by atoms with E-state index in [1.165, 1.54) is 19.3 Å². The third-order valence-corrected chi connectivity index (χ3v) is 3.00. The summed E-state index contributed by atoms with van der Waals surface area (Å²) in [5.74, 6) is 7.04. The molecule has 0 spiro atoms. The molecule has 1 rings (SSSR count). The monoisotopic (exact) mass is 228 g/mol. The Bertz CT molecular complexity index is 228. The molecular formula is C11H24N4O. The van der Waals surface area contributed by atoms with Gasteiger partial charge in [-0.3, -0.25) is 5.43 Å². The number of rotatable bonds is 5. The zero-order valence-electron chi connectivity index (χ0n) is 10.6. The molecule has 1 unspecified atom stereocenters. The Balaban J connectivity index is 2.43. The normalized spacial score (nSPS) is 19.1. The number of hydrogen-bond acceptors (Lipinski definition) is 3. The third-order valence-electron chi connectivity index (χ3n) is 3.00. The first kappa shape index (κ1) is 13.3. The first-order valence-corrected chi connectivity index (χ1v) is 5.91. The van der Waals surface area contributed by atoms with Crippen LogP contribution >= 0.6 is 0 Å². The van der Waals surface area contributed by atoms with Crippen LogP contribution in [0.3, 0.4) is 0 Å². The number of methoxy groups -OCH3 is 1. The number of nitrogens with one attached hydrogen (secondary N) is 1. The van der Waals surface area contributed by atoms with E-state index in [9.17, 15) is 0 Å². The smallest absolute Gasteiger partial charge is 0.208 e. The van der Waals surface area contributed by atoms with Crippen LogP contribution in [0.15, 0.2) is 4.99 Å². The third kappa shape index (κ3) is 3.98. The van der Waals surface area contributed by atoms with Gasteiger partial charge in [0.15, 0.2) is 0 Å². The lowest BCUT2D eigenvalue weighted by molar-refractivity contribution is 0.184. The molecule has 0 aliphatic heterocycles. The number of ether oxygens (including phenoxy) is 1. The molecule has 3 N–H and O–H groups in total. The maximum absolute atomic E-state index is 5.49. The second-order valence-electron chi connectivity index (χ2n) is 4.58. The standard InChI is InChI=1S/C11H24N4O/c1-9(8-16-3)13-11(14-12)15(2)7-10-5-4-6-10/h9-10H,4-8,12H2,1-3H3,(H,13,14). The predicted octanol–water partition coefficient (Wildman–Crippen LogP) is 0.573. The highest BCUT2D eigenvalue weighted by atomic mass is 16.5. The summed E-state index contributed by atoms with van der Waals surface area (Å²) < 4.78 is 5.05. The molecular weight excluding hydrogens is 204 g/mol. The molecule has 1 aliphatic rings. The van der Waals surface area contributed by atoms with Gasteiger partial charge in [0.1, 0.15) is 0 Å². The van der Waals surface area contributed by atoms with Crippen molar-refractivity contribution < 1.29 is 4.74 Å². The zero-order chi connectivity index (χ0) is 12.0. The van der Waals surface area contributed by atoms with Crippen LogP contribution in [0.4, 0.5) is 0 Å². The lowest BCUT2D eigenvalue weighted by Crippen LogP contribution is -2.46. The molecule has 0 bridgehead atoms. The van der Waals surface area contributed by atoms with Gasteiger partial charge in [0.2, 0.25) is 5.96 Å². The van der Waals surface area contributed by atoms with E-state index in [0.29, 0.717) is 6.61 Å². The Morgan fingerprint density at radius 2 is 2.31 bits per heavy atom. The summed E-state index contributed by atoms with van der Waals surface area (Å²) in [6.45, 7) is 3.66. The highest BCUT2D eigenvalue weighted by molar-refractivity contribution is 5.79. The van der Waals surface area contributed by atoms with E-state index in [1.807, 2.05) is 14.0 Å². The first-order chi connectivity index (χ1) is 7.67. The summed E-state index contributed by atoms with van der Waals surface area (Å²) in [5.41, 5.74) is 2.67. The van der Waals surface area contributed by atoms with Crippen molar-refractivity contribution in [1.29, 1.82) is 0 Å². The van der Waals surface area contributed by atoms with Crippen molar-refractivity contribution in [3.8, 4) is 0 Å². The molecule has 5 nitrogen and oxygen atoms in total.